The van der Waals surface area contributed by atoms with Gasteiger partial charge in [0.25, 0.3) is 0 Å². The summed E-state index contributed by atoms with van der Waals surface area (Å²) in [6.07, 6.45) is 6.99. The zero-order valence-corrected chi connectivity index (χ0v) is 23.1. The summed E-state index contributed by atoms with van der Waals surface area (Å²) in [4.78, 5) is 27.4. The molecule has 0 saturated carbocycles. The van der Waals surface area contributed by atoms with Crippen LogP contribution in [0.15, 0.2) is 55.0 Å². The lowest BCUT2D eigenvalue weighted by atomic mass is 10.1. The molecular weight excluding hydrogens is 511 g/mol. The molecule has 0 amide bonds. The van der Waals surface area contributed by atoms with E-state index in [1.807, 2.05) is 35.2 Å². The van der Waals surface area contributed by atoms with E-state index in [1.54, 1.807) is 6.20 Å². The molecule has 1 aromatic carbocycles. The molecule has 0 aliphatic carbocycles. The maximum absolute atomic E-state index is 14.5. The normalized spacial score (nSPS) is 14.3. The maximum Gasteiger partial charge on any atom is 0.326 e. The van der Waals surface area contributed by atoms with Gasteiger partial charge in [-0.2, -0.15) is 0 Å². The van der Waals surface area contributed by atoms with Gasteiger partial charge in [-0.25, -0.2) is 24.1 Å². The highest BCUT2D eigenvalue weighted by Gasteiger charge is 2.22. The highest BCUT2D eigenvalue weighted by molar-refractivity contribution is 5.81. The van der Waals surface area contributed by atoms with E-state index in [-0.39, 0.29) is 19.6 Å². The molecule has 1 aliphatic rings. The molecule has 40 heavy (non-hydrogen) atoms. The van der Waals surface area contributed by atoms with E-state index >= 15 is 0 Å². The summed E-state index contributed by atoms with van der Waals surface area (Å²) in [5, 5.41) is 16.4. The van der Waals surface area contributed by atoms with Crippen molar-refractivity contribution in [3.05, 3.63) is 66.2 Å². The fraction of sp³-hybridized carbons (Fsp3) is 0.467. The SMILES string of the molecule is COC[C@@H](F)CN(CCCCc1ccc2c(n1)NCCC2)CCC(Nc1ncncc1-c1ccccc1)C(=O)O. The number of aromatic nitrogens is 3. The number of unbranched alkanes of at least 4 members (excludes halogenated alkanes) is 1. The smallest absolute Gasteiger partial charge is 0.326 e. The average molecular weight is 551 g/mol. The van der Waals surface area contributed by atoms with Crippen molar-refractivity contribution in [1.29, 1.82) is 0 Å². The predicted octanol–water partition coefficient (Wildman–Crippen LogP) is 4.46. The number of fused-ring (bicyclic) bond motifs is 1. The first-order valence-corrected chi connectivity index (χ1v) is 14.0. The Bertz CT molecular complexity index is 1220. The second kappa shape index (κ2) is 15.2. The van der Waals surface area contributed by atoms with Gasteiger partial charge in [0.1, 0.15) is 30.2 Å². The molecule has 2 atom stereocenters. The predicted molar refractivity (Wildman–Crippen MR) is 154 cm³/mol. The Labute approximate surface area is 235 Å². The number of benzene rings is 1. The molecule has 0 bridgehead atoms. The quantitative estimate of drug-likeness (QED) is 0.223. The van der Waals surface area contributed by atoms with Crippen LogP contribution in [0.3, 0.4) is 0 Å². The van der Waals surface area contributed by atoms with Crippen LogP contribution >= 0.6 is 0 Å². The number of anilines is 2. The van der Waals surface area contributed by atoms with Crippen molar-refractivity contribution in [3.8, 4) is 11.1 Å². The van der Waals surface area contributed by atoms with Crippen LogP contribution in [0.2, 0.25) is 0 Å². The number of nitrogens with one attached hydrogen (secondary N) is 2. The van der Waals surface area contributed by atoms with Crippen molar-refractivity contribution in [1.82, 2.24) is 19.9 Å². The number of methoxy groups -OCH3 is 1. The Balaban J connectivity index is 1.34. The number of nitrogens with zero attached hydrogens (tertiary/aromatic N) is 4. The largest absolute Gasteiger partial charge is 0.480 e. The van der Waals surface area contributed by atoms with Crippen molar-refractivity contribution >= 4 is 17.6 Å². The molecule has 10 heteroatoms. The van der Waals surface area contributed by atoms with Crippen LogP contribution in [0.1, 0.15) is 36.9 Å². The van der Waals surface area contributed by atoms with Crippen molar-refractivity contribution in [2.45, 2.75) is 50.7 Å². The fourth-order valence-electron chi connectivity index (χ4n) is 4.97. The Hall–Kier alpha value is -3.63. The average Bonchev–Trinajstić information content (AvgIpc) is 2.97. The second-order valence-corrected chi connectivity index (χ2v) is 10.1. The van der Waals surface area contributed by atoms with Crippen molar-refractivity contribution < 1.29 is 19.0 Å². The van der Waals surface area contributed by atoms with E-state index in [4.69, 9.17) is 9.72 Å². The minimum absolute atomic E-state index is 0.00449. The molecule has 3 heterocycles. The highest BCUT2D eigenvalue weighted by atomic mass is 19.1. The van der Waals surface area contributed by atoms with Gasteiger partial charge < -0.3 is 25.4 Å². The number of halogens is 1. The molecule has 0 saturated heterocycles. The van der Waals surface area contributed by atoms with Crippen LogP contribution in [0.5, 0.6) is 0 Å². The summed E-state index contributed by atoms with van der Waals surface area (Å²) >= 11 is 0. The Morgan fingerprint density at radius 3 is 2.85 bits per heavy atom. The van der Waals surface area contributed by atoms with Crippen LogP contribution in [0, 0.1) is 0 Å². The Morgan fingerprint density at radius 1 is 1.20 bits per heavy atom. The number of aliphatic carboxylic acids is 1. The van der Waals surface area contributed by atoms with Gasteiger partial charge in [0.05, 0.1) is 6.61 Å². The van der Waals surface area contributed by atoms with Gasteiger partial charge in [-0.05, 0) is 62.3 Å². The number of alkyl halides is 1. The van der Waals surface area contributed by atoms with E-state index in [1.165, 1.54) is 19.0 Å². The summed E-state index contributed by atoms with van der Waals surface area (Å²) in [6.45, 7) is 2.22. The summed E-state index contributed by atoms with van der Waals surface area (Å²) in [5.41, 5.74) is 3.94. The third-order valence-electron chi connectivity index (χ3n) is 7.05. The third kappa shape index (κ3) is 8.69. The van der Waals surface area contributed by atoms with Crippen LogP contribution in [0.25, 0.3) is 11.1 Å². The second-order valence-electron chi connectivity index (χ2n) is 10.1. The number of rotatable bonds is 16. The molecule has 214 valence electrons. The monoisotopic (exact) mass is 550 g/mol. The van der Waals surface area contributed by atoms with Crippen LogP contribution in [0.4, 0.5) is 16.0 Å². The molecule has 1 unspecified atom stereocenters. The topological polar surface area (TPSA) is 113 Å². The standard InChI is InChI=1S/C30H39FN6O3/c1-40-20-24(31)19-37(16-6-5-11-25-13-12-23-10-7-15-33-28(23)35-25)17-14-27(30(38)39)36-29-26(18-32-21-34-29)22-8-3-2-4-9-22/h2-4,8-9,12-13,18,21,24,27H,5-7,10-11,14-17,19-20H2,1H3,(H,33,35)(H,38,39)(H,32,34,36)/t24-,27?/m0/s1. The Kier molecular flexibility index (Phi) is 11.2. The minimum Gasteiger partial charge on any atom is -0.480 e. The number of carboxylic acids is 1. The number of pyridine rings is 1. The molecule has 4 rings (SSSR count). The summed E-state index contributed by atoms with van der Waals surface area (Å²) < 4.78 is 19.5. The first kappa shape index (κ1) is 29.4. The molecule has 3 N–H and O–H groups in total. The number of carbonyl (C=O) groups is 1. The number of ether oxygens (including phenoxy) is 1. The van der Waals surface area contributed by atoms with Gasteiger partial charge in [0, 0.05) is 44.2 Å². The van der Waals surface area contributed by atoms with Gasteiger partial charge in [0.2, 0.25) is 0 Å². The molecule has 9 nitrogen and oxygen atoms in total. The van der Waals surface area contributed by atoms with Crippen molar-refractivity contribution in [2.75, 3.05) is 50.5 Å². The van der Waals surface area contributed by atoms with E-state index in [0.717, 1.165) is 61.3 Å². The fourth-order valence-corrected chi connectivity index (χ4v) is 4.97. The van der Waals surface area contributed by atoms with E-state index < -0.39 is 18.2 Å². The lowest BCUT2D eigenvalue weighted by Crippen LogP contribution is -2.39. The number of hydrogen-bond acceptors (Lipinski definition) is 8. The maximum atomic E-state index is 14.5. The lowest BCUT2D eigenvalue weighted by Gasteiger charge is -2.26. The number of hydrogen-bond donors (Lipinski definition) is 3. The first-order chi connectivity index (χ1) is 19.5. The van der Waals surface area contributed by atoms with Gasteiger partial charge in [-0.1, -0.05) is 36.4 Å². The van der Waals surface area contributed by atoms with Crippen molar-refractivity contribution in [3.63, 3.8) is 0 Å². The summed E-state index contributed by atoms with van der Waals surface area (Å²) in [6, 6.07) is 12.9. The van der Waals surface area contributed by atoms with E-state index in [2.05, 4.69) is 32.7 Å². The molecule has 0 fully saturated rings. The lowest BCUT2D eigenvalue weighted by molar-refractivity contribution is -0.138. The summed E-state index contributed by atoms with van der Waals surface area (Å²) in [5.74, 6) is 0.463. The molecule has 0 spiro atoms. The Morgan fingerprint density at radius 2 is 2.05 bits per heavy atom. The van der Waals surface area contributed by atoms with Gasteiger partial charge in [-0.3, -0.25) is 0 Å². The zero-order chi connectivity index (χ0) is 28.2. The number of aryl methyl sites for hydroxylation is 2. The van der Waals surface area contributed by atoms with Crippen LogP contribution in [-0.2, 0) is 22.4 Å². The third-order valence-corrected chi connectivity index (χ3v) is 7.05. The van der Waals surface area contributed by atoms with Crippen LogP contribution < -0.4 is 10.6 Å². The first-order valence-electron chi connectivity index (χ1n) is 14.0. The molecule has 2 aromatic heterocycles. The molecular formula is C30H39FN6O3. The van der Waals surface area contributed by atoms with Crippen LogP contribution in [-0.4, -0.2) is 83.0 Å². The summed E-state index contributed by atoms with van der Waals surface area (Å²) in [7, 11) is 1.48. The minimum atomic E-state index is -1.15. The van der Waals surface area contributed by atoms with Gasteiger partial charge >= 0.3 is 5.97 Å². The highest BCUT2D eigenvalue weighted by Crippen LogP contribution is 2.26. The van der Waals surface area contributed by atoms with Gasteiger partial charge in [-0.15, -0.1) is 0 Å². The zero-order valence-electron chi connectivity index (χ0n) is 23.1. The number of carboxylic acid groups (broad SMARTS) is 1. The molecule has 0 radical (unpaired) electrons. The van der Waals surface area contributed by atoms with E-state index in [9.17, 15) is 14.3 Å². The van der Waals surface area contributed by atoms with E-state index in [0.29, 0.717) is 18.9 Å². The molecule has 3 aromatic rings. The van der Waals surface area contributed by atoms with Crippen molar-refractivity contribution in [2.24, 2.45) is 0 Å². The van der Waals surface area contributed by atoms with Gasteiger partial charge in [0.15, 0.2) is 0 Å². The molecule has 1 aliphatic heterocycles.